The van der Waals surface area contributed by atoms with Crippen LogP contribution in [-0.4, -0.2) is 12.1 Å². The molecular formula is C18H30O2. The number of carbonyl (C=O) groups excluding carboxylic acids is 1. The zero-order chi connectivity index (χ0) is 15.0. The molecule has 0 saturated heterocycles. The average molecular weight is 278 g/mol. The van der Waals surface area contributed by atoms with Gasteiger partial charge in [0.25, 0.3) is 0 Å². The molecule has 2 aliphatic carbocycles. The van der Waals surface area contributed by atoms with E-state index in [0.717, 1.165) is 37.2 Å². The summed E-state index contributed by atoms with van der Waals surface area (Å²) in [5.74, 6) is 0.616. The fourth-order valence-corrected chi connectivity index (χ4v) is 4.14. The van der Waals surface area contributed by atoms with E-state index < -0.39 is 0 Å². The van der Waals surface area contributed by atoms with Crippen molar-refractivity contribution in [2.75, 3.05) is 0 Å². The van der Waals surface area contributed by atoms with Gasteiger partial charge in [0, 0.05) is 11.0 Å². The van der Waals surface area contributed by atoms with E-state index in [2.05, 4.69) is 27.7 Å². The van der Waals surface area contributed by atoms with Gasteiger partial charge < -0.3 is 4.74 Å². The number of carbonyl (C=O) groups is 1. The molecule has 2 nitrogen and oxygen atoms in total. The van der Waals surface area contributed by atoms with Crippen molar-refractivity contribution < 1.29 is 9.53 Å². The van der Waals surface area contributed by atoms with Gasteiger partial charge in [-0.3, -0.25) is 0 Å². The van der Waals surface area contributed by atoms with Crippen LogP contribution in [0.5, 0.6) is 0 Å². The largest absolute Gasteiger partial charge is 0.458 e. The highest BCUT2D eigenvalue weighted by atomic mass is 16.5. The Kier molecular flexibility index (Phi) is 4.32. The fraction of sp³-hybridized carbons (Fsp3) is 0.833. The fourth-order valence-electron chi connectivity index (χ4n) is 4.14. The van der Waals surface area contributed by atoms with Crippen LogP contribution < -0.4 is 0 Å². The molecule has 2 bridgehead atoms. The number of fused-ring (bicyclic) bond motifs is 2. The molecule has 3 atom stereocenters. The minimum Gasteiger partial charge on any atom is -0.458 e. The predicted octanol–water partition coefficient (Wildman–Crippen LogP) is 4.88. The molecule has 2 heteroatoms. The molecule has 0 heterocycles. The van der Waals surface area contributed by atoms with Gasteiger partial charge in [-0.15, -0.1) is 0 Å². The van der Waals surface area contributed by atoms with Crippen molar-refractivity contribution in [1.82, 2.24) is 0 Å². The van der Waals surface area contributed by atoms with E-state index in [9.17, 15) is 4.79 Å². The lowest BCUT2D eigenvalue weighted by molar-refractivity contribution is -0.152. The standard InChI is InChI=1S/C18H30O2/c1-6-7-8-9-13(2)16(19)20-15-12-14-10-11-18(15,5)17(14,3)4/h9,14-15H,6-8,10-12H2,1-5H3/b13-9+. The summed E-state index contributed by atoms with van der Waals surface area (Å²) < 4.78 is 5.87. The maximum Gasteiger partial charge on any atom is 0.333 e. The second-order valence-electron chi connectivity index (χ2n) is 7.53. The molecule has 0 aliphatic heterocycles. The lowest BCUT2D eigenvalue weighted by atomic mass is 9.70. The van der Waals surface area contributed by atoms with E-state index >= 15 is 0 Å². The molecule has 2 rings (SSSR count). The highest BCUT2D eigenvalue weighted by molar-refractivity contribution is 5.87. The molecule has 20 heavy (non-hydrogen) atoms. The number of allylic oxidation sites excluding steroid dienone is 1. The van der Waals surface area contributed by atoms with Gasteiger partial charge in [0.2, 0.25) is 0 Å². The van der Waals surface area contributed by atoms with Crippen molar-refractivity contribution >= 4 is 5.97 Å². The average Bonchev–Trinajstić information content (AvgIpc) is 2.72. The molecule has 0 amide bonds. The minimum atomic E-state index is -0.101. The van der Waals surface area contributed by atoms with Crippen molar-refractivity contribution in [3.63, 3.8) is 0 Å². The summed E-state index contributed by atoms with van der Waals surface area (Å²) >= 11 is 0. The van der Waals surface area contributed by atoms with Gasteiger partial charge in [0.1, 0.15) is 6.10 Å². The van der Waals surface area contributed by atoms with Gasteiger partial charge >= 0.3 is 5.97 Å². The van der Waals surface area contributed by atoms with Crippen LogP contribution in [0.3, 0.4) is 0 Å². The van der Waals surface area contributed by atoms with E-state index in [1.54, 1.807) is 0 Å². The topological polar surface area (TPSA) is 26.3 Å². The molecule has 2 fully saturated rings. The smallest absolute Gasteiger partial charge is 0.333 e. The molecule has 0 radical (unpaired) electrons. The van der Waals surface area contributed by atoms with Crippen LogP contribution in [0.2, 0.25) is 0 Å². The van der Waals surface area contributed by atoms with Gasteiger partial charge in [-0.2, -0.15) is 0 Å². The molecule has 0 aromatic rings. The van der Waals surface area contributed by atoms with Crippen LogP contribution in [0, 0.1) is 16.7 Å². The summed E-state index contributed by atoms with van der Waals surface area (Å²) in [6.07, 6.45) is 8.97. The number of hydrogen-bond donors (Lipinski definition) is 0. The number of esters is 1. The van der Waals surface area contributed by atoms with E-state index in [-0.39, 0.29) is 17.5 Å². The summed E-state index contributed by atoms with van der Waals surface area (Å²) in [5, 5.41) is 0. The van der Waals surface area contributed by atoms with Crippen LogP contribution in [0.4, 0.5) is 0 Å². The molecule has 0 spiro atoms. The van der Waals surface area contributed by atoms with Gasteiger partial charge in [0.05, 0.1) is 0 Å². The Morgan fingerprint density at radius 1 is 1.35 bits per heavy atom. The van der Waals surface area contributed by atoms with E-state index in [1.807, 2.05) is 13.0 Å². The third-order valence-corrected chi connectivity index (χ3v) is 6.29. The lowest BCUT2D eigenvalue weighted by Gasteiger charge is -2.38. The summed E-state index contributed by atoms with van der Waals surface area (Å²) in [6, 6.07) is 0. The molecule has 114 valence electrons. The van der Waals surface area contributed by atoms with E-state index in [4.69, 9.17) is 4.74 Å². The quantitative estimate of drug-likeness (QED) is 0.407. The first-order chi connectivity index (χ1) is 9.33. The van der Waals surface area contributed by atoms with Gasteiger partial charge in [-0.1, -0.05) is 46.6 Å². The van der Waals surface area contributed by atoms with Gasteiger partial charge in [0.15, 0.2) is 0 Å². The summed E-state index contributed by atoms with van der Waals surface area (Å²) in [4.78, 5) is 12.2. The second-order valence-corrected chi connectivity index (χ2v) is 7.53. The first kappa shape index (κ1) is 15.6. The number of unbranched alkanes of at least 4 members (excludes halogenated alkanes) is 2. The number of ether oxygens (including phenoxy) is 1. The third kappa shape index (κ3) is 2.42. The second kappa shape index (κ2) is 5.54. The van der Waals surface area contributed by atoms with Gasteiger partial charge in [-0.25, -0.2) is 4.79 Å². The minimum absolute atomic E-state index is 0.101. The monoisotopic (exact) mass is 278 g/mol. The van der Waals surface area contributed by atoms with E-state index in [0.29, 0.717) is 5.41 Å². The molecule has 0 N–H and O–H groups in total. The SMILES string of the molecule is CCCC/C=C(\C)C(=O)OC1CC2CCC1(C)C2(C)C. The number of hydrogen-bond acceptors (Lipinski definition) is 2. The first-order valence-corrected chi connectivity index (χ1v) is 8.20. The van der Waals surface area contributed by atoms with Crippen molar-refractivity contribution in [2.24, 2.45) is 16.7 Å². The molecule has 3 unspecified atom stereocenters. The van der Waals surface area contributed by atoms with Gasteiger partial charge in [-0.05, 0) is 43.9 Å². The molecule has 2 aliphatic rings. The molecule has 0 aromatic carbocycles. The van der Waals surface area contributed by atoms with Crippen molar-refractivity contribution in [3.8, 4) is 0 Å². The normalized spacial score (nSPS) is 35.4. The lowest BCUT2D eigenvalue weighted by Crippen LogP contribution is -2.38. The van der Waals surface area contributed by atoms with Crippen LogP contribution in [0.25, 0.3) is 0 Å². The highest BCUT2D eigenvalue weighted by Crippen LogP contribution is 2.66. The Labute approximate surface area is 124 Å². The molecule has 0 aromatic heterocycles. The first-order valence-electron chi connectivity index (χ1n) is 8.20. The van der Waals surface area contributed by atoms with Crippen LogP contribution in [0.1, 0.15) is 73.1 Å². The maximum absolute atomic E-state index is 12.2. The van der Waals surface area contributed by atoms with E-state index in [1.165, 1.54) is 12.8 Å². The molecule has 2 saturated carbocycles. The van der Waals surface area contributed by atoms with Crippen LogP contribution in [-0.2, 0) is 9.53 Å². The third-order valence-electron chi connectivity index (χ3n) is 6.29. The van der Waals surface area contributed by atoms with Crippen molar-refractivity contribution in [2.45, 2.75) is 79.2 Å². The number of rotatable bonds is 5. The summed E-state index contributed by atoms with van der Waals surface area (Å²) in [7, 11) is 0. The summed E-state index contributed by atoms with van der Waals surface area (Å²) in [5.41, 5.74) is 1.25. The van der Waals surface area contributed by atoms with Crippen molar-refractivity contribution in [3.05, 3.63) is 11.6 Å². The highest BCUT2D eigenvalue weighted by Gasteiger charge is 2.62. The van der Waals surface area contributed by atoms with Crippen LogP contribution >= 0.6 is 0 Å². The van der Waals surface area contributed by atoms with Crippen molar-refractivity contribution in [1.29, 1.82) is 0 Å². The summed E-state index contributed by atoms with van der Waals surface area (Å²) in [6.45, 7) is 11.1. The predicted molar refractivity (Wildman–Crippen MR) is 82.4 cm³/mol. The maximum atomic E-state index is 12.2. The van der Waals surface area contributed by atoms with Crippen LogP contribution in [0.15, 0.2) is 11.6 Å². The zero-order valence-corrected chi connectivity index (χ0v) is 13.8. The Balaban J connectivity index is 1.98. The Hall–Kier alpha value is -0.790. The Morgan fingerprint density at radius 2 is 2.05 bits per heavy atom. The molecular weight excluding hydrogens is 248 g/mol. The Bertz CT molecular complexity index is 408. The Morgan fingerprint density at radius 3 is 2.55 bits per heavy atom. The zero-order valence-electron chi connectivity index (χ0n) is 13.8.